The van der Waals surface area contributed by atoms with Gasteiger partial charge in [-0.3, -0.25) is 9.58 Å². The smallest absolute Gasteiger partial charge is 0.0785 e. The Morgan fingerprint density at radius 1 is 1.53 bits per heavy atom. The summed E-state index contributed by atoms with van der Waals surface area (Å²) in [6, 6.07) is 0. The normalized spacial score (nSPS) is 11.3. The third-order valence-electron chi connectivity index (χ3n) is 2.47. The van der Waals surface area contributed by atoms with E-state index in [0.717, 1.165) is 25.3 Å². The van der Waals surface area contributed by atoms with Crippen molar-refractivity contribution in [1.29, 1.82) is 0 Å². The van der Waals surface area contributed by atoms with Crippen LogP contribution in [0.25, 0.3) is 0 Å². The van der Waals surface area contributed by atoms with E-state index in [-0.39, 0.29) is 0 Å². The molecule has 0 saturated carbocycles. The molecule has 0 radical (unpaired) electrons. The SMILES string of the molecule is Cc1nnsc1CN(C)CCn1cc(Cl)cn1. The molecule has 2 aromatic heterocycles. The van der Waals surface area contributed by atoms with Gasteiger partial charge in [0.2, 0.25) is 0 Å². The van der Waals surface area contributed by atoms with Crippen LogP contribution in [0.1, 0.15) is 10.6 Å². The lowest BCUT2D eigenvalue weighted by molar-refractivity contribution is 0.307. The van der Waals surface area contributed by atoms with Crippen LogP contribution in [-0.4, -0.2) is 37.9 Å². The molecular weight excluding hydrogens is 258 g/mol. The minimum atomic E-state index is 0.676. The first kappa shape index (κ1) is 12.5. The van der Waals surface area contributed by atoms with Crippen LogP contribution in [0.3, 0.4) is 0 Å². The Balaban J connectivity index is 1.82. The van der Waals surface area contributed by atoms with Crippen molar-refractivity contribution >= 4 is 23.1 Å². The van der Waals surface area contributed by atoms with Gasteiger partial charge in [-0.2, -0.15) is 5.10 Å². The molecule has 0 aliphatic carbocycles. The molecule has 0 atom stereocenters. The van der Waals surface area contributed by atoms with Crippen LogP contribution < -0.4 is 0 Å². The highest BCUT2D eigenvalue weighted by atomic mass is 35.5. The lowest BCUT2D eigenvalue weighted by Crippen LogP contribution is -2.23. The monoisotopic (exact) mass is 271 g/mol. The van der Waals surface area contributed by atoms with Gasteiger partial charge in [-0.15, -0.1) is 5.10 Å². The Morgan fingerprint density at radius 2 is 2.35 bits per heavy atom. The maximum Gasteiger partial charge on any atom is 0.0785 e. The molecule has 0 aromatic carbocycles. The van der Waals surface area contributed by atoms with E-state index in [0.29, 0.717) is 5.02 Å². The van der Waals surface area contributed by atoms with Crippen molar-refractivity contribution < 1.29 is 0 Å². The standard InChI is InChI=1S/C10H14ClN5S/c1-8-10(17-14-13-8)7-15(2)3-4-16-6-9(11)5-12-16/h5-6H,3-4,7H2,1-2H3. The highest BCUT2D eigenvalue weighted by Gasteiger charge is 2.07. The second-order valence-electron chi connectivity index (χ2n) is 3.94. The van der Waals surface area contributed by atoms with E-state index in [9.17, 15) is 0 Å². The Morgan fingerprint density at radius 3 is 2.94 bits per heavy atom. The zero-order valence-corrected chi connectivity index (χ0v) is 11.4. The Labute approximate surface area is 109 Å². The maximum absolute atomic E-state index is 5.80. The Kier molecular flexibility index (Phi) is 4.09. The molecular formula is C10H14ClN5S. The van der Waals surface area contributed by atoms with Crippen molar-refractivity contribution in [3.8, 4) is 0 Å². The second kappa shape index (κ2) is 5.57. The van der Waals surface area contributed by atoms with Crippen molar-refractivity contribution in [3.05, 3.63) is 28.0 Å². The number of hydrogen-bond donors (Lipinski definition) is 0. The first-order valence-corrected chi connectivity index (χ1v) is 6.44. The van der Waals surface area contributed by atoms with E-state index in [1.54, 1.807) is 6.20 Å². The summed E-state index contributed by atoms with van der Waals surface area (Å²) in [6.45, 7) is 4.60. The van der Waals surface area contributed by atoms with Gasteiger partial charge in [-0.25, -0.2) is 0 Å². The average molecular weight is 272 g/mol. The number of rotatable bonds is 5. The van der Waals surface area contributed by atoms with Crippen molar-refractivity contribution in [1.82, 2.24) is 24.3 Å². The van der Waals surface area contributed by atoms with E-state index >= 15 is 0 Å². The van der Waals surface area contributed by atoms with E-state index in [1.807, 2.05) is 17.8 Å². The van der Waals surface area contributed by atoms with Crippen LogP contribution >= 0.6 is 23.1 Å². The lowest BCUT2D eigenvalue weighted by atomic mass is 10.3. The van der Waals surface area contributed by atoms with Gasteiger partial charge < -0.3 is 0 Å². The molecule has 0 saturated heterocycles. The molecule has 17 heavy (non-hydrogen) atoms. The molecule has 0 fully saturated rings. The van der Waals surface area contributed by atoms with E-state index in [2.05, 4.69) is 26.6 Å². The molecule has 0 amide bonds. The summed E-state index contributed by atoms with van der Waals surface area (Å²) in [6.07, 6.45) is 3.48. The molecule has 2 rings (SSSR count). The van der Waals surface area contributed by atoms with Crippen molar-refractivity contribution in [2.75, 3.05) is 13.6 Å². The topological polar surface area (TPSA) is 46.8 Å². The highest BCUT2D eigenvalue weighted by Crippen LogP contribution is 2.11. The van der Waals surface area contributed by atoms with Gasteiger partial charge in [0.15, 0.2) is 0 Å². The van der Waals surface area contributed by atoms with Gasteiger partial charge in [0.05, 0.1) is 28.3 Å². The van der Waals surface area contributed by atoms with Crippen LogP contribution in [-0.2, 0) is 13.1 Å². The fourth-order valence-corrected chi connectivity index (χ4v) is 2.32. The fourth-order valence-electron chi connectivity index (χ4n) is 1.45. The molecule has 2 aromatic rings. The number of hydrogen-bond acceptors (Lipinski definition) is 5. The first-order valence-electron chi connectivity index (χ1n) is 5.29. The molecule has 0 N–H and O–H groups in total. The molecule has 0 aliphatic rings. The van der Waals surface area contributed by atoms with Gasteiger partial charge in [0.25, 0.3) is 0 Å². The number of likely N-dealkylation sites (N-methyl/N-ethyl adjacent to an activating group) is 1. The zero-order chi connectivity index (χ0) is 12.3. The molecule has 0 bridgehead atoms. The van der Waals surface area contributed by atoms with Gasteiger partial charge >= 0.3 is 0 Å². The summed E-state index contributed by atoms with van der Waals surface area (Å²) in [4.78, 5) is 3.43. The van der Waals surface area contributed by atoms with Gasteiger partial charge in [-0.1, -0.05) is 16.1 Å². The van der Waals surface area contributed by atoms with Gasteiger partial charge in [0.1, 0.15) is 0 Å². The number of aromatic nitrogens is 4. The second-order valence-corrected chi connectivity index (χ2v) is 5.22. The Hall–Kier alpha value is -0.980. The Bertz CT molecular complexity index is 481. The summed E-state index contributed by atoms with van der Waals surface area (Å²) < 4.78 is 5.77. The third kappa shape index (κ3) is 3.49. The zero-order valence-electron chi connectivity index (χ0n) is 9.80. The minimum Gasteiger partial charge on any atom is -0.299 e. The lowest BCUT2D eigenvalue weighted by Gasteiger charge is -2.15. The fraction of sp³-hybridized carbons (Fsp3) is 0.500. The van der Waals surface area contributed by atoms with Crippen LogP contribution in [0.4, 0.5) is 0 Å². The predicted molar refractivity (Wildman–Crippen MR) is 68.2 cm³/mol. The van der Waals surface area contributed by atoms with E-state index in [4.69, 9.17) is 11.6 Å². The van der Waals surface area contributed by atoms with Gasteiger partial charge in [0, 0.05) is 19.3 Å². The van der Waals surface area contributed by atoms with Crippen molar-refractivity contribution in [2.24, 2.45) is 0 Å². The van der Waals surface area contributed by atoms with Crippen LogP contribution in [0, 0.1) is 6.92 Å². The first-order chi connectivity index (χ1) is 8.15. The predicted octanol–water partition coefficient (Wildman–Crippen LogP) is 1.83. The molecule has 0 spiro atoms. The van der Waals surface area contributed by atoms with Crippen LogP contribution in [0.2, 0.25) is 5.02 Å². The van der Waals surface area contributed by atoms with E-state index < -0.39 is 0 Å². The summed E-state index contributed by atoms with van der Waals surface area (Å²) in [7, 11) is 2.07. The quantitative estimate of drug-likeness (QED) is 0.832. The van der Waals surface area contributed by atoms with Crippen molar-refractivity contribution in [3.63, 3.8) is 0 Å². The summed E-state index contributed by atoms with van der Waals surface area (Å²) in [5.41, 5.74) is 1.02. The molecule has 92 valence electrons. The summed E-state index contributed by atoms with van der Waals surface area (Å²) in [5, 5.41) is 8.81. The third-order valence-corrected chi connectivity index (χ3v) is 3.47. The van der Waals surface area contributed by atoms with E-state index in [1.165, 1.54) is 16.4 Å². The van der Waals surface area contributed by atoms with Crippen molar-refractivity contribution in [2.45, 2.75) is 20.0 Å². The molecule has 0 aliphatic heterocycles. The minimum absolute atomic E-state index is 0.676. The number of halogens is 1. The van der Waals surface area contributed by atoms with Crippen LogP contribution in [0.5, 0.6) is 0 Å². The van der Waals surface area contributed by atoms with Gasteiger partial charge in [-0.05, 0) is 25.5 Å². The largest absolute Gasteiger partial charge is 0.299 e. The molecule has 5 nitrogen and oxygen atoms in total. The number of nitrogens with zero attached hydrogens (tertiary/aromatic N) is 5. The molecule has 2 heterocycles. The number of aryl methyl sites for hydroxylation is 1. The maximum atomic E-state index is 5.80. The highest BCUT2D eigenvalue weighted by molar-refractivity contribution is 7.05. The van der Waals surface area contributed by atoms with Crippen LogP contribution in [0.15, 0.2) is 12.4 Å². The average Bonchev–Trinajstić information content (AvgIpc) is 2.86. The molecule has 0 unspecified atom stereocenters. The summed E-state index contributed by atoms with van der Waals surface area (Å²) in [5.74, 6) is 0. The summed E-state index contributed by atoms with van der Waals surface area (Å²) >= 11 is 7.26. The molecule has 7 heteroatoms.